The second-order valence-electron chi connectivity index (χ2n) is 5.94. The highest BCUT2D eigenvalue weighted by atomic mass is 32.2. The Morgan fingerprint density at radius 3 is 2.19 bits per heavy atom. The number of hydrogen-bond donors (Lipinski definition) is 1. The van der Waals surface area contributed by atoms with Gasteiger partial charge in [-0.05, 0) is 55.3 Å². The van der Waals surface area contributed by atoms with E-state index in [0.29, 0.717) is 25.1 Å². The van der Waals surface area contributed by atoms with E-state index in [1.807, 2.05) is 19.1 Å². The predicted molar refractivity (Wildman–Crippen MR) is 102 cm³/mol. The summed E-state index contributed by atoms with van der Waals surface area (Å²) in [5, 5.41) is 2.84. The lowest BCUT2D eigenvalue weighted by molar-refractivity contribution is -0.116. The minimum atomic E-state index is -3.43. The fourth-order valence-electron chi connectivity index (χ4n) is 2.32. The summed E-state index contributed by atoms with van der Waals surface area (Å²) in [6.45, 7) is 2.51. The highest BCUT2D eigenvalue weighted by Gasteiger charge is 2.16. The van der Waals surface area contributed by atoms with Crippen LogP contribution in [0.15, 0.2) is 53.4 Å². The number of anilines is 1. The van der Waals surface area contributed by atoms with Crippen molar-refractivity contribution < 1.29 is 17.9 Å². The first kappa shape index (κ1) is 19.9. The molecular weight excluding hydrogens is 352 g/mol. The van der Waals surface area contributed by atoms with E-state index in [0.717, 1.165) is 11.3 Å². The third-order valence-electron chi connectivity index (χ3n) is 3.79. The van der Waals surface area contributed by atoms with Gasteiger partial charge in [0.25, 0.3) is 0 Å². The van der Waals surface area contributed by atoms with Crippen LogP contribution < -0.4 is 10.1 Å². The van der Waals surface area contributed by atoms with Crippen molar-refractivity contribution in [3.05, 3.63) is 54.1 Å². The number of nitrogens with zero attached hydrogens (tertiary/aromatic N) is 1. The number of sulfonamides is 1. The summed E-state index contributed by atoms with van der Waals surface area (Å²) in [7, 11) is -0.441. The lowest BCUT2D eigenvalue weighted by atomic mass is 10.1. The van der Waals surface area contributed by atoms with Crippen molar-refractivity contribution in [3.63, 3.8) is 0 Å². The molecule has 2 rings (SSSR count). The van der Waals surface area contributed by atoms with Crippen LogP contribution in [0.1, 0.15) is 18.9 Å². The Balaban J connectivity index is 1.89. The van der Waals surface area contributed by atoms with Gasteiger partial charge < -0.3 is 10.1 Å². The molecule has 1 amide bonds. The van der Waals surface area contributed by atoms with Crippen LogP contribution in [-0.2, 0) is 21.2 Å². The highest BCUT2D eigenvalue weighted by Crippen LogP contribution is 2.17. The standard InChI is InChI=1S/C19H24N2O4S/c1-4-25-17-10-8-16(9-11-17)20-19(22)14-7-15-5-12-18(13-6-15)26(23,24)21(2)3/h5-6,8-13H,4,7,14H2,1-3H3,(H,20,22). The molecule has 7 heteroatoms. The van der Waals surface area contributed by atoms with Crippen LogP contribution in [0.25, 0.3) is 0 Å². The Bertz CT molecular complexity index is 829. The molecule has 0 aliphatic rings. The molecular formula is C19H24N2O4S. The van der Waals surface area contributed by atoms with Crippen molar-refractivity contribution in [2.45, 2.75) is 24.7 Å². The Hall–Kier alpha value is -2.38. The average Bonchev–Trinajstić information content (AvgIpc) is 2.62. The number of carbonyl (C=O) groups is 1. The van der Waals surface area contributed by atoms with E-state index in [4.69, 9.17) is 4.74 Å². The maximum Gasteiger partial charge on any atom is 0.242 e. The van der Waals surface area contributed by atoms with Gasteiger partial charge in [0.2, 0.25) is 15.9 Å². The third kappa shape index (κ3) is 5.31. The number of amides is 1. The van der Waals surface area contributed by atoms with Gasteiger partial charge in [0.1, 0.15) is 5.75 Å². The van der Waals surface area contributed by atoms with E-state index in [2.05, 4.69) is 5.32 Å². The zero-order chi connectivity index (χ0) is 19.2. The lowest BCUT2D eigenvalue weighted by Crippen LogP contribution is -2.22. The molecule has 0 saturated carbocycles. The Morgan fingerprint density at radius 1 is 1.04 bits per heavy atom. The van der Waals surface area contributed by atoms with Crippen LogP contribution in [0.4, 0.5) is 5.69 Å². The van der Waals surface area contributed by atoms with E-state index in [1.54, 1.807) is 36.4 Å². The fraction of sp³-hybridized carbons (Fsp3) is 0.316. The lowest BCUT2D eigenvalue weighted by Gasteiger charge is -2.11. The minimum Gasteiger partial charge on any atom is -0.494 e. The van der Waals surface area contributed by atoms with Crippen LogP contribution in [0.5, 0.6) is 5.75 Å². The number of benzene rings is 2. The molecule has 1 N–H and O–H groups in total. The second-order valence-corrected chi connectivity index (χ2v) is 8.09. The molecule has 0 spiro atoms. The molecule has 0 atom stereocenters. The van der Waals surface area contributed by atoms with Crippen LogP contribution >= 0.6 is 0 Å². The van der Waals surface area contributed by atoms with Crippen LogP contribution in [0.3, 0.4) is 0 Å². The van der Waals surface area contributed by atoms with Crippen molar-refractivity contribution in [1.29, 1.82) is 0 Å². The quantitative estimate of drug-likeness (QED) is 0.769. The molecule has 2 aromatic rings. The number of aryl methyl sites for hydroxylation is 1. The maximum atomic E-state index is 12.1. The zero-order valence-electron chi connectivity index (χ0n) is 15.2. The van der Waals surface area contributed by atoms with Gasteiger partial charge in [-0.3, -0.25) is 4.79 Å². The van der Waals surface area contributed by atoms with E-state index >= 15 is 0 Å². The SMILES string of the molecule is CCOc1ccc(NC(=O)CCc2ccc(S(=O)(=O)N(C)C)cc2)cc1. The fourth-order valence-corrected chi connectivity index (χ4v) is 3.22. The predicted octanol–water partition coefficient (Wildman–Crippen LogP) is 2.91. The van der Waals surface area contributed by atoms with Crippen molar-refractivity contribution in [3.8, 4) is 5.75 Å². The first-order valence-corrected chi connectivity index (χ1v) is 9.81. The molecule has 0 aliphatic carbocycles. The van der Waals surface area contributed by atoms with Gasteiger partial charge in [-0.2, -0.15) is 0 Å². The van der Waals surface area contributed by atoms with Crippen LogP contribution in [0.2, 0.25) is 0 Å². The normalized spacial score (nSPS) is 11.4. The molecule has 2 aromatic carbocycles. The zero-order valence-corrected chi connectivity index (χ0v) is 16.0. The van der Waals surface area contributed by atoms with Crippen LogP contribution in [-0.4, -0.2) is 39.3 Å². The van der Waals surface area contributed by atoms with E-state index in [-0.39, 0.29) is 10.8 Å². The van der Waals surface area contributed by atoms with Crippen molar-refractivity contribution in [1.82, 2.24) is 4.31 Å². The van der Waals surface area contributed by atoms with Crippen molar-refractivity contribution >= 4 is 21.6 Å². The van der Waals surface area contributed by atoms with Gasteiger partial charge in [0, 0.05) is 26.2 Å². The van der Waals surface area contributed by atoms with Gasteiger partial charge in [-0.1, -0.05) is 12.1 Å². The monoisotopic (exact) mass is 376 g/mol. The van der Waals surface area contributed by atoms with Gasteiger partial charge >= 0.3 is 0 Å². The molecule has 0 aromatic heterocycles. The molecule has 140 valence electrons. The smallest absolute Gasteiger partial charge is 0.242 e. The number of hydrogen-bond acceptors (Lipinski definition) is 4. The Morgan fingerprint density at radius 2 is 1.65 bits per heavy atom. The van der Waals surface area contributed by atoms with Crippen molar-refractivity contribution in [2.24, 2.45) is 0 Å². The summed E-state index contributed by atoms with van der Waals surface area (Å²) in [5.41, 5.74) is 1.62. The minimum absolute atomic E-state index is 0.0980. The van der Waals surface area contributed by atoms with Gasteiger partial charge in [-0.15, -0.1) is 0 Å². The topological polar surface area (TPSA) is 75.7 Å². The van der Waals surface area contributed by atoms with Crippen molar-refractivity contribution in [2.75, 3.05) is 26.0 Å². The highest BCUT2D eigenvalue weighted by molar-refractivity contribution is 7.89. The van der Waals surface area contributed by atoms with E-state index in [1.165, 1.54) is 18.4 Å². The second kappa shape index (κ2) is 8.82. The number of rotatable bonds is 8. The van der Waals surface area contributed by atoms with E-state index < -0.39 is 10.0 Å². The molecule has 26 heavy (non-hydrogen) atoms. The average molecular weight is 376 g/mol. The molecule has 0 bridgehead atoms. The summed E-state index contributed by atoms with van der Waals surface area (Å²) in [6, 6.07) is 13.8. The van der Waals surface area contributed by atoms with E-state index in [9.17, 15) is 13.2 Å². The largest absolute Gasteiger partial charge is 0.494 e. The van der Waals surface area contributed by atoms with Crippen LogP contribution in [0, 0.1) is 0 Å². The van der Waals surface area contributed by atoms with Gasteiger partial charge in [0.05, 0.1) is 11.5 Å². The molecule has 0 aliphatic heterocycles. The molecule has 0 unspecified atom stereocenters. The first-order chi connectivity index (χ1) is 12.3. The summed E-state index contributed by atoms with van der Waals surface area (Å²) in [6.07, 6.45) is 0.845. The summed E-state index contributed by atoms with van der Waals surface area (Å²) >= 11 is 0. The molecule has 6 nitrogen and oxygen atoms in total. The Labute approximate surface area is 154 Å². The maximum absolute atomic E-state index is 12.1. The molecule has 0 radical (unpaired) electrons. The van der Waals surface area contributed by atoms with Gasteiger partial charge in [0.15, 0.2) is 0 Å². The summed E-state index contributed by atoms with van der Waals surface area (Å²) in [5.74, 6) is 0.664. The number of nitrogens with one attached hydrogen (secondary N) is 1. The summed E-state index contributed by atoms with van der Waals surface area (Å²) in [4.78, 5) is 12.3. The number of ether oxygens (including phenoxy) is 1. The number of carbonyl (C=O) groups excluding carboxylic acids is 1. The molecule has 0 saturated heterocycles. The first-order valence-electron chi connectivity index (χ1n) is 8.37. The third-order valence-corrected chi connectivity index (χ3v) is 5.62. The molecule has 0 fully saturated rings. The van der Waals surface area contributed by atoms with Gasteiger partial charge in [-0.25, -0.2) is 12.7 Å². The molecule has 0 heterocycles. The Kier molecular flexibility index (Phi) is 6.76. The summed E-state index contributed by atoms with van der Waals surface area (Å²) < 4.78 is 30.6.